The SMILES string of the molecule is O=C(CCCCC(F)(F)C(F)(F)C(F)(F)C(F)(F)C(F)(F)C(F)(F)C(F)(F)C(F)(F)F)CC(=O)OCCCC(F)(F)C(F)(F)C(F)(F)C(F)(F)C(F)(F)C(F)(F)C(F)(F)C(F)(F)F. The zero-order valence-corrected chi connectivity index (χ0v) is 28.7. The molecule has 0 saturated heterocycles. The predicted octanol–water partition coefficient (Wildman–Crippen LogP) is 12.8. The van der Waals surface area contributed by atoms with E-state index in [0.29, 0.717) is 0 Å². The van der Waals surface area contributed by atoms with Crippen LogP contribution in [-0.4, -0.2) is 114 Å². The average molecular weight is 1020 g/mol. The van der Waals surface area contributed by atoms with Crippen molar-refractivity contribution in [3.63, 3.8) is 0 Å². The third kappa shape index (κ3) is 9.29. The maximum Gasteiger partial charge on any atom is 0.460 e. The molecule has 0 rings (SSSR count). The van der Waals surface area contributed by atoms with Crippen LogP contribution >= 0.6 is 0 Å². The van der Waals surface area contributed by atoms with Crippen molar-refractivity contribution in [3.05, 3.63) is 0 Å². The van der Waals surface area contributed by atoms with Crippen molar-refractivity contribution in [3.8, 4) is 0 Å². The molecule has 37 heteroatoms. The number of unbranched alkanes of at least 4 members (excludes halogenated alkanes) is 1. The molecule has 0 aliphatic rings. The number of hydrogen-bond acceptors (Lipinski definition) is 3. The molecular formula is C26H16F34O3. The fraction of sp³-hybridized carbons (Fsp3) is 0.923. The van der Waals surface area contributed by atoms with Gasteiger partial charge in [-0.1, -0.05) is 0 Å². The summed E-state index contributed by atoms with van der Waals surface area (Å²) >= 11 is 0. The summed E-state index contributed by atoms with van der Waals surface area (Å²) in [6.45, 7) is -1.90. The van der Waals surface area contributed by atoms with E-state index in [0.717, 1.165) is 0 Å². The Morgan fingerprint density at radius 1 is 0.302 bits per heavy atom. The van der Waals surface area contributed by atoms with Gasteiger partial charge in [0.05, 0.1) is 6.61 Å². The second-order valence-electron chi connectivity index (χ2n) is 12.5. The first kappa shape index (κ1) is 59.8. The average Bonchev–Trinajstić information content (AvgIpc) is 3.06. The largest absolute Gasteiger partial charge is 0.465 e. The summed E-state index contributed by atoms with van der Waals surface area (Å²) in [7, 11) is 0. The quantitative estimate of drug-likeness (QED) is 0.0443. The van der Waals surface area contributed by atoms with Crippen LogP contribution in [-0.2, 0) is 14.3 Å². The molecule has 0 fully saturated rings. The summed E-state index contributed by atoms with van der Waals surface area (Å²) in [6, 6.07) is 0. The Labute approximate surface area is 323 Å². The molecule has 0 saturated carbocycles. The van der Waals surface area contributed by atoms with E-state index < -0.39 is 159 Å². The maximum absolute atomic E-state index is 13.9. The molecular weight excluding hydrogens is 1010 g/mol. The highest BCUT2D eigenvalue weighted by Gasteiger charge is 2.96. The van der Waals surface area contributed by atoms with E-state index in [1.807, 2.05) is 0 Å². The lowest BCUT2D eigenvalue weighted by molar-refractivity contribution is -0.461. The first-order valence-corrected chi connectivity index (χ1v) is 15.1. The Morgan fingerprint density at radius 3 is 0.810 bits per heavy atom. The molecule has 3 nitrogen and oxygen atoms in total. The number of esters is 1. The van der Waals surface area contributed by atoms with Gasteiger partial charge in [-0.15, -0.1) is 0 Å². The van der Waals surface area contributed by atoms with E-state index in [-0.39, 0.29) is 0 Å². The molecule has 0 heterocycles. The number of ketones is 1. The molecule has 376 valence electrons. The van der Waals surface area contributed by atoms with Crippen molar-refractivity contribution in [1.82, 2.24) is 0 Å². The number of carbonyl (C=O) groups excluding carboxylic acids is 2. The molecule has 0 atom stereocenters. The van der Waals surface area contributed by atoms with Crippen LogP contribution in [0.25, 0.3) is 0 Å². The van der Waals surface area contributed by atoms with Crippen LogP contribution in [0.3, 0.4) is 0 Å². The molecule has 63 heavy (non-hydrogen) atoms. The number of alkyl halides is 34. The van der Waals surface area contributed by atoms with Crippen LogP contribution < -0.4 is 0 Å². The highest BCUT2D eigenvalue weighted by atomic mass is 19.4. The van der Waals surface area contributed by atoms with Crippen LogP contribution in [0.1, 0.15) is 44.9 Å². The molecule has 0 N–H and O–H groups in total. The van der Waals surface area contributed by atoms with Gasteiger partial charge in [-0.2, -0.15) is 149 Å². The fourth-order valence-corrected chi connectivity index (χ4v) is 4.16. The lowest BCUT2D eigenvalue weighted by Crippen LogP contribution is -2.74. The minimum Gasteiger partial charge on any atom is -0.465 e. The zero-order chi connectivity index (χ0) is 51.5. The Bertz CT molecular complexity index is 1490. The minimum absolute atomic E-state index is 1.45. The summed E-state index contributed by atoms with van der Waals surface area (Å²) < 4.78 is 456. The molecule has 0 amide bonds. The van der Waals surface area contributed by atoms with E-state index >= 15 is 0 Å². The van der Waals surface area contributed by atoms with Crippen LogP contribution in [0.15, 0.2) is 0 Å². The normalized spacial score (nSPS) is 16.1. The van der Waals surface area contributed by atoms with Gasteiger partial charge in [0.15, 0.2) is 0 Å². The van der Waals surface area contributed by atoms with Gasteiger partial charge in [-0.3, -0.25) is 9.59 Å². The van der Waals surface area contributed by atoms with E-state index in [1.54, 1.807) is 0 Å². The molecule has 0 bridgehead atoms. The first-order chi connectivity index (χ1) is 27.0. The standard InChI is InChI=1S/C26H16F34O3/c27-11(28,13(31,32)15(35,36)17(39,40)19(43,44)21(47,48)23(51,52)25(55,56)57)5-2-1-4-9(61)8-10(62)63-7-3-6-12(29,30)14(33,34)16(37,38)18(41,42)20(45,46)22(49,50)24(53,54)26(58,59)60/h1-8H2. The number of rotatable bonds is 23. The predicted molar refractivity (Wildman–Crippen MR) is 130 cm³/mol. The van der Waals surface area contributed by atoms with Gasteiger partial charge in [0, 0.05) is 19.3 Å². The van der Waals surface area contributed by atoms with Gasteiger partial charge in [0.25, 0.3) is 0 Å². The second-order valence-corrected chi connectivity index (χ2v) is 12.5. The summed E-state index contributed by atoms with van der Waals surface area (Å²) in [6.07, 6.45) is -30.9. The highest BCUT2D eigenvalue weighted by Crippen LogP contribution is 2.66. The van der Waals surface area contributed by atoms with Gasteiger partial charge in [0.1, 0.15) is 12.2 Å². The molecule has 0 aromatic rings. The van der Waals surface area contributed by atoms with Gasteiger partial charge in [0.2, 0.25) is 0 Å². The van der Waals surface area contributed by atoms with Crippen molar-refractivity contribution in [2.75, 3.05) is 6.61 Å². The first-order valence-electron chi connectivity index (χ1n) is 15.1. The molecule has 0 aliphatic carbocycles. The van der Waals surface area contributed by atoms with E-state index in [4.69, 9.17) is 0 Å². The summed E-state index contributed by atoms with van der Waals surface area (Å²) in [5, 5.41) is 0. The van der Waals surface area contributed by atoms with Crippen molar-refractivity contribution in [1.29, 1.82) is 0 Å². The zero-order valence-electron chi connectivity index (χ0n) is 28.7. The summed E-state index contributed by atoms with van der Waals surface area (Å²) in [5.41, 5.74) is 0. The van der Waals surface area contributed by atoms with Crippen molar-refractivity contribution in [2.24, 2.45) is 0 Å². The minimum atomic E-state index is -8.93. The van der Waals surface area contributed by atoms with Crippen molar-refractivity contribution >= 4 is 11.8 Å². The van der Waals surface area contributed by atoms with Crippen LogP contribution in [0.2, 0.25) is 0 Å². The number of Topliss-reactive ketones (excluding diaryl/α,β-unsaturated/α-hetero) is 1. The number of halogens is 34. The van der Waals surface area contributed by atoms with Gasteiger partial charge >= 0.3 is 101 Å². The van der Waals surface area contributed by atoms with Crippen molar-refractivity contribution < 1.29 is 164 Å². The topological polar surface area (TPSA) is 43.4 Å². The number of ether oxygens (including phenoxy) is 1. The number of carbonyl (C=O) groups is 2. The Morgan fingerprint density at radius 2 is 0.540 bits per heavy atom. The van der Waals surface area contributed by atoms with E-state index in [2.05, 4.69) is 4.74 Å². The lowest BCUT2D eigenvalue weighted by Gasteiger charge is -2.42. The molecule has 0 unspecified atom stereocenters. The molecule has 0 aromatic carbocycles. The lowest BCUT2D eigenvalue weighted by atomic mass is 9.87. The van der Waals surface area contributed by atoms with Gasteiger partial charge in [-0.25, -0.2) is 0 Å². The molecule has 0 aromatic heterocycles. The summed E-state index contributed by atoms with van der Waals surface area (Å²) in [5.74, 6) is -121. The molecule has 0 aliphatic heterocycles. The van der Waals surface area contributed by atoms with Crippen LogP contribution in [0, 0.1) is 0 Å². The van der Waals surface area contributed by atoms with Gasteiger partial charge < -0.3 is 4.74 Å². The molecule has 0 spiro atoms. The number of hydrogen-bond donors (Lipinski definition) is 0. The Hall–Kier alpha value is -3.24. The van der Waals surface area contributed by atoms with Gasteiger partial charge in [-0.05, 0) is 19.3 Å². The smallest absolute Gasteiger partial charge is 0.460 e. The Kier molecular flexibility index (Phi) is 16.0. The third-order valence-electron chi connectivity index (χ3n) is 8.01. The van der Waals surface area contributed by atoms with E-state index in [9.17, 15) is 159 Å². The highest BCUT2D eigenvalue weighted by molar-refractivity contribution is 5.95. The third-order valence-corrected chi connectivity index (χ3v) is 8.01. The summed E-state index contributed by atoms with van der Waals surface area (Å²) in [4.78, 5) is 23.2. The Balaban J connectivity index is 5.67. The fourth-order valence-electron chi connectivity index (χ4n) is 4.16. The van der Waals surface area contributed by atoms with Crippen LogP contribution in [0.5, 0.6) is 0 Å². The van der Waals surface area contributed by atoms with Crippen molar-refractivity contribution in [2.45, 2.75) is 140 Å². The molecule has 0 radical (unpaired) electrons. The monoisotopic (exact) mass is 1020 g/mol. The van der Waals surface area contributed by atoms with Crippen LogP contribution in [0.4, 0.5) is 149 Å². The second kappa shape index (κ2) is 16.9. The van der Waals surface area contributed by atoms with E-state index in [1.165, 1.54) is 0 Å². The maximum atomic E-state index is 13.9.